The third kappa shape index (κ3) is 3.39. The number of benzene rings is 3. The first-order valence-corrected chi connectivity index (χ1v) is 13.2. The van der Waals surface area contributed by atoms with E-state index in [1.807, 2.05) is 47.9 Å². The molecule has 7 heteroatoms. The smallest absolute Gasteiger partial charge is 0.254 e. The fraction of sp³-hybridized carbons (Fsp3) is 0.312. The van der Waals surface area contributed by atoms with Gasteiger partial charge < -0.3 is 14.4 Å². The van der Waals surface area contributed by atoms with E-state index in [1.54, 1.807) is 25.2 Å². The molecule has 2 fully saturated rings. The Bertz CT molecular complexity index is 1470. The summed E-state index contributed by atoms with van der Waals surface area (Å²) in [5, 5.41) is 10.1. The Hall–Kier alpha value is -4.10. The minimum atomic E-state index is -1.00. The molecule has 1 aliphatic heterocycles. The van der Waals surface area contributed by atoms with Crippen molar-refractivity contribution in [2.75, 3.05) is 27.3 Å². The van der Waals surface area contributed by atoms with Crippen molar-refractivity contribution < 1.29 is 24.3 Å². The summed E-state index contributed by atoms with van der Waals surface area (Å²) >= 11 is 0. The Kier molecular flexibility index (Phi) is 5.99. The number of rotatable bonds is 6. The van der Waals surface area contributed by atoms with Crippen LogP contribution in [0.2, 0.25) is 0 Å². The molecule has 0 aromatic heterocycles. The molecule has 4 aliphatic rings. The average Bonchev–Trinajstić information content (AvgIpc) is 3.44. The first-order valence-electron chi connectivity index (χ1n) is 13.2. The second-order valence-corrected chi connectivity index (χ2v) is 10.8. The number of carbonyl (C=O) groups excluding carboxylic acids is 2. The van der Waals surface area contributed by atoms with E-state index in [0.29, 0.717) is 23.4 Å². The molecule has 1 saturated carbocycles. The fourth-order valence-corrected chi connectivity index (χ4v) is 7.83. The molecule has 0 spiro atoms. The molecule has 3 aliphatic carbocycles. The van der Waals surface area contributed by atoms with Gasteiger partial charge in [0.2, 0.25) is 0 Å². The number of para-hydroxylation sites is 1. The highest BCUT2D eigenvalue weighted by Gasteiger charge is 2.70. The largest absolute Gasteiger partial charge is 0.497 e. The van der Waals surface area contributed by atoms with E-state index < -0.39 is 16.7 Å². The molecule has 0 radical (unpaired) electrons. The summed E-state index contributed by atoms with van der Waals surface area (Å²) in [5.74, 6) is 0.244. The molecule has 200 valence electrons. The number of nitrogens with zero attached hydrogens (tertiary/aromatic N) is 1. The molecule has 3 aromatic rings. The lowest BCUT2D eigenvalue weighted by Crippen LogP contribution is -2.62. The molecule has 2 bridgehead atoms. The third-order valence-electron chi connectivity index (χ3n) is 9.45. The molecule has 4 unspecified atom stereocenters. The number of carbonyl (C=O) groups is 2. The summed E-state index contributed by atoms with van der Waals surface area (Å²) in [7, 11) is 3.20. The van der Waals surface area contributed by atoms with Crippen molar-refractivity contribution in [3.05, 3.63) is 102 Å². The minimum absolute atomic E-state index is 0.136. The average molecular weight is 525 g/mol. The lowest BCUT2D eigenvalue weighted by Gasteiger charge is -2.59. The number of ether oxygens (including phenoxy) is 2. The van der Waals surface area contributed by atoms with Gasteiger partial charge in [-0.15, -0.1) is 0 Å². The van der Waals surface area contributed by atoms with Gasteiger partial charge in [0.1, 0.15) is 11.5 Å². The van der Waals surface area contributed by atoms with E-state index >= 15 is 0 Å². The molecule has 39 heavy (non-hydrogen) atoms. The van der Waals surface area contributed by atoms with Gasteiger partial charge in [-0.25, -0.2) is 5.48 Å². The highest BCUT2D eigenvalue weighted by molar-refractivity contribution is 6.19. The molecule has 3 aromatic carbocycles. The highest BCUT2D eigenvalue weighted by atomic mass is 16.5. The maximum atomic E-state index is 14.0. The monoisotopic (exact) mass is 524 g/mol. The molecular formula is C32H32N2O5. The van der Waals surface area contributed by atoms with Crippen LogP contribution in [0.15, 0.2) is 79.4 Å². The predicted molar refractivity (Wildman–Crippen MR) is 147 cm³/mol. The lowest BCUT2D eigenvalue weighted by molar-refractivity contribution is -0.148. The minimum Gasteiger partial charge on any atom is -0.497 e. The highest BCUT2D eigenvalue weighted by Crippen LogP contribution is 2.69. The lowest BCUT2D eigenvalue weighted by atomic mass is 9.42. The Morgan fingerprint density at radius 1 is 1.00 bits per heavy atom. The van der Waals surface area contributed by atoms with Crippen molar-refractivity contribution in [3.8, 4) is 11.5 Å². The first kappa shape index (κ1) is 25.2. The summed E-state index contributed by atoms with van der Waals surface area (Å²) in [4.78, 5) is 29.5. The van der Waals surface area contributed by atoms with Crippen LogP contribution in [0.25, 0.3) is 5.57 Å². The van der Waals surface area contributed by atoms with Crippen LogP contribution < -0.4 is 15.0 Å². The van der Waals surface area contributed by atoms with E-state index in [2.05, 4.69) is 30.8 Å². The zero-order chi connectivity index (χ0) is 27.4. The number of nitrogens with one attached hydrogen (secondary N) is 1. The molecule has 4 atom stereocenters. The van der Waals surface area contributed by atoms with Crippen LogP contribution in [0.4, 0.5) is 0 Å². The summed E-state index contributed by atoms with van der Waals surface area (Å²) < 4.78 is 10.9. The van der Waals surface area contributed by atoms with E-state index in [0.717, 1.165) is 29.7 Å². The zero-order valence-corrected chi connectivity index (χ0v) is 22.1. The topological polar surface area (TPSA) is 88.1 Å². The van der Waals surface area contributed by atoms with Crippen LogP contribution in [0.5, 0.6) is 11.5 Å². The second kappa shape index (κ2) is 9.27. The molecular weight excluding hydrogens is 492 g/mol. The normalized spacial score (nSPS) is 26.4. The summed E-state index contributed by atoms with van der Waals surface area (Å²) in [6.45, 7) is 4.68. The van der Waals surface area contributed by atoms with Crippen molar-refractivity contribution in [2.24, 2.45) is 11.3 Å². The number of hydroxylamine groups is 1. The predicted octanol–water partition coefficient (Wildman–Crippen LogP) is 4.54. The number of methoxy groups -OCH3 is 2. The van der Waals surface area contributed by atoms with E-state index in [4.69, 9.17) is 9.47 Å². The molecule has 1 heterocycles. The SMILES string of the molecule is C=C(C(=O)N1CC2C3(c4ccc(OC)cc4)CCC(c4ccccc43)C2(C(=O)NO)C1)c1ccccc1OC. The first-order chi connectivity index (χ1) is 18.9. The van der Waals surface area contributed by atoms with Gasteiger partial charge in [0.15, 0.2) is 0 Å². The van der Waals surface area contributed by atoms with Crippen molar-refractivity contribution in [3.63, 3.8) is 0 Å². The Balaban J connectivity index is 1.50. The zero-order valence-electron chi connectivity index (χ0n) is 22.1. The number of hydrogen-bond acceptors (Lipinski definition) is 5. The summed E-state index contributed by atoms with van der Waals surface area (Å²) in [6.07, 6.45) is 1.60. The van der Waals surface area contributed by atoms with Crippen LogP contribution in [0.3, 0.4) is 0 Å². The Labute approximate surface area is 228 Å². The van der Waals surface area contributed by atoms with E-state index in [9.17, 15) is 14.8 Å². The van der Waals surface area contributed by atoms with Gasteiger partial charge in [0, 0.05) is 41.5 Å². The number of amides is 2. The maximum Gasteiger partial charge on any atom is 0.254 e. The molecule has 2 N–H and O–H groups in total. The van der Waals surface area contributed by atoms with Gasteiger partial charge in [-0.05, 0) is 47.7 Å². The van der Waals surface area contributed by atoms with Gasteiger partial charge in [0.05, 0.1) is 19.6 Å². The molecule has 1 saturated heterocycles. The van der Waals surface area contributed by atoms with Gasteiger partial charge in [-0.1, -0.05) is 61.2 Å². The Morgan fingerprint density at radius 3 is 2.44 bits per heavy atom. The Morgan fingerprint density at radius 2 is 1.72 bits per heavy atom. The van der Waals surface area contributed by atoms with Crippen LogP contribution in [-0.2, 0) is 15.0 Å². The van der Waals surface area contributed by atoms with Gasteiger partial charge in [0.25, 0.3) is 11.8 Å². The van der Waals surface area contributed by atoms with Crippen LogP contribution in [-0.4, -0.2) is 49.2 Å². The van der Waals surface area contributed by atoms with Gasteiger partial charge >= 0.3 is 0 Å². The van der Waals surface area contributed by atoms with Crippen LogP contribution >= 0.6 is 0 Å². The van der Waals surface area contributed by atoms with Gasteiger partial charge in [-0.2, -0.15) is 0 Å². The van der Waals surface area contributed by atoms with Crippen molar-refractivity contribution in [1.29, 1.82) is 0 Å². The van der Waals surface area contributed by atoms with E-state index in [1.165, 1.54) is 5.56 Å². The van der Waals surface area contributed by atoms with Crippen LogP contribution in [0.1, 0.15) is 41.0 Å². The third-order valence-corrected chi connectivity index (χ3v) is 9.45. The van der Waals surface area contributed by atoms with Crippen LogP contribution in [0, 0.1) is 11.3 Å². The molecule has 7 nitrogen and oxygen atoms in total. The maximum absolute atomic E-state index is 14.0. The molecule has 2 amide bonds. The quantitative estimate of drug-likeness (QED) is 0.281. The number of likely N-dealkylation sites (tertiary alicyclic amines) is 1. The molecule has 7 rings (SSSR count). The second-order valence-electron chi connectivity index (χ2n) is 10.8. The van der Waals surface area contributed by atoms with Gasteiger partial charge in [-0.3, -0.25) is 14.8 Å². The number of fused-ring (bicyclic) bond motifs is 1. The fourth-order valence-electron chi connectivity index (χ4n) is 7.83. The number of hydrogen-bond donors (Lipinski definition) is 2. The van der Waals surface area contributed by atoms with Crippen molar-refractivity contribution in [2.45, 2.75) is 24.2 Å². The summed E-state index contributed by atoms with van der Waals surface area (Å²) in [5.41, 5.74) is 4.78. The van der Waals surface area contributed by atoms with Crippen molar-refractivity contribution >= 4 is 17.4 Å². The standard InChI is InChI=1S/C32H32N2O5/c1-20(23-8-5-7-11-27(23)39-3)29(35)34-18-28-31(21-12-14-22(38-2)15-13-21)17-16-26(24-9-4-6-10-25(24)31)32(28,19-34)30(36)33-37/h4-15,26,28,37H,1,16-19H2,2-3H3,(H,33,36). The summed E-state index contributed by atoms with van der Waals surface area (Å²) in [6, 6.07) is 23.6. The van der Waals surface area contributed by atoms with E-state index in [-0.39, 0.29) is 24.3 Å². The van der Waals surface area contributed by atoms with Crippen molar-refractivity contribution in [1.82, 2.24) is 10.4 Å².